The van der Waals surface area contributed by atoms with E-state index in [1.165, 1.54) is 5.01 Å². The summed E-state index contributed by atoms with van der Waals surface area (Å²) in [5, 5.41) is 22.7. The van der Waals surface area contributed by atoms with E-state index in [1.807, 2.05) is 0 Å². The van der Waals surface area contributed by atoms with Crippen LogP contribution >= 0.6 is 11.6 Å². The van der Waals surface area contributed by atoms with Crippen molar-refractivity contribution in [3.05, 3.63) is 36.9 Å². The van der Waals surface area contributed by atoms with Gasteiger partial charge in [-0.2, -0.15) is 13.2 Å². The Hall–Kier alpha value is -2.14. The van der Waals surface area contributed by atoms with Crippen LogP contribution in [-0.4, -0.2) is 27.9 Å². The summed E-state index contributed by atoms with van der Waals surface area (Å²) in [6.07, 6.45) is -2.63. The number of halogens is 4. The second-order valence-electron chi connectivity index (χ2n) is 5.15. The molecule has 0 aromatic heterocycles. The van der Waals surface area contributed by atoms with Gasteiger partial charge >= 0.3 is 17.6 Å². The van der Waals surface area contributed by atoms with Crippen molar-refractivity contribution in [3.63, 3.8) is 0 Å². The Labute approximate surface area is 138 Å². The lowest BCUT2D eigenvalue weighted by atomic mass is 10.1. The number of nitrogens with one attached hydrogen (secondary N) is 1. The van der Waals surface area contributed by atoms with E-state index >= 15 is 0 Å². The zero-order valence-corrected chi connectivity index (χ0v) is 12.9. The fraction of sp³-hybridized carbons (Fsp3) is 0.500. The van der Waals surface area contributed by atoms with E-state index < -0.39 is 43.7 Å². The van der Waals surface area contributed by atoms with Crippen molar-refractivity contribution in [2.45, 2.75) is 25.4 Å². The molecule has 0 radical (unpaired) electrons. The van der Waals surface area contributed by atoms with Crippen molar-refractivity contribution in [1.82, 2.24) is 5.01 Å². The number of rotatable bonds is 4. The largest absolute Gasteiger partial charge is 0.418 e. The molecule has 0 unspecified atom stereocenters. The molecule has 1 aliphatic heterocycles. The van der Waals surface area contributed by atoms with Gasteiger partial charge in [-0.1, -0.05) is 18.0 Å². The quantitative estimate of drug-likeness (QED) is 0.637. The van der Waals surface area contributed by atoms with Gasteiger partial charge in [-0.05, 0) is 12.8 Å². The average Bonchev–Trinajstić information content (AvgIpc) is 2.46. The van der Waals surface area contributed by atoms with Crippen LogP contribution in [0.2, 0.25) is 5.02 Å². The number of nitrogens with zero attached hydrogens (tertiary/aromatic N) is 3. The predicted molar refractivity (Wildman–Crippen MR) is 78.8 cm³/mol. The number of piperidine rings is 1. The molecule has 0 aliphatic carbocycles. The van der Waals surface area contributed by atoms with Gasteiger partial charge in [0.1, 0.15) is 5.02 Å². The molecule has 1 aliphatic rings. The highest BCUT2D eigenvalue weighted by Crippen LogP contribution is 2.47. The SMILES string of the molecule is O=[N+]([O-])c1cc(C(F)(F)F)c(Cl)c([N+](=O)[O-])c1NN1CCCCC1. The molecule has 0 spiro atoms. The Bertz CT molecular complexity index is 677. The lowest BCUT2D eigenvalue weighted by Gasteiger charge is -2.27. The fourth-order valence-corrected chi connectivity index (χ4v) is 2.75. The van der Waals surface area contributed by atoms with E-state index in [2.05, 4.69) is 5.43 Å². The zero-order valence-electron chi connectivity index (χ0n) is 12.1. The van der Waals surface area contributed by atoms with Crippen molar-refractivity contribution in [2.75, 3.05) is 18.5 Å². The van der Waals surface area contributed by atoms with Gasteiger partial charge in [-0.15, -0.1) is 0 Å². The minimum atomic E-state index is -5.06. The molecule has 0 atom stereocenters. The van der Waals surface area contributed by atoms with Gasteiger partial charge in [0.05, 0.1) is 15.4 Å². The lowest BCUT2D eigenvalue weighted by Crippen LogP contribution is -2.35. The van der Waals surface area contributed by atoms with Crippen molar-refractivity contribution < 1.29 is 23.0 Å². The third kappa shape index (κ3) is 3.67. The molecule has 1 N–H and O–H groups in total. The van der Waals surface area contributed by atoms with Crippen LogP contribution in [0.4, 0.5) is 30.2 Å². The number of anilines is 1. The summed E-state index contributed by atoms with van der Waals surface area (Å²) in [4.78, 5) is 20.1. The monoisotopic (exact) mass is 368 g/mol. The minimum absolute atomic E-state index is 0.210. The molecule has 0 amide bonds. The molecule has 1 aromatic carbocycles. The normalized spacial score (nSPS) is 16.0. The Balaban J connectivity index is 2.63. The van der Waals surface area contributed by atoms with Crippen LogP contribution in [0, 0.1) is 20.2 Å². The highest BCUT2D eigenvalue weighted by molar-refractivity contribution is 6.34. The number of benzene rings is 1. The summed E-state index contributed by atoms with van der Waals surface area (Å²) in [6, 6.07) is 0.210. The van der Waals surface area contributed by atoms with Crippen molar-refractivity contribution >= 4 is 28.7 Å². The van der Waals surface area contributed by atoms with Crippen LogP contribution in [0.25, 0.3) is 0 Å². The molecule has 1 saturated heterocycles. The van der Waals surface area contributed by atoms with Crippen LogP contribution in [-0.2, 0) is 6.18 Å². The zero-order chi connectivity index (χ0) is 18.1. The molecule has 1 fully saturated rings. The maximum Gasteiger partial charge on any atom is 0.418 e. The van der Waals surface area contributed by atoms with Crippen LogP contribution in [0.3, 0.4) is 0 Å². The number of nitro groups is 2. The van der Waals surface area contributed by atoms with Crippen LogP contribution in [0.5, 0.6) is 0 Å². The first-order chi connectivity index (χ1) is 11.1. The summed E-state index contributed by atoms with van der Waals surface area (Å²) < 4.78 is 38.9. The number of hydrogen-bond donors (Lipinski definition) is 1. The van der Waals surface area contributed by atoms with Crippen molar-refractivity contribution in [3.8, 4) is 0 Å². The first-order valence-electron chi connectivity index (χ1n) is 6.87. The first-order valence-corrected chi connectivity index (χ1v) is 7.24. The smallest absolute Gasteiger partial charge is 0.307 e. The second-order valence-corrected chi connectivity index (χ2v) is 5.53. The van der Waals surface area contributed by atoms with E-state index in [0.717, 1.165) is 19.3 Å². The molecular formula is C12H12ClF3N4O4. The number of alkyl halides is 3. The van der Waals surface area contributed by atoms with Crippen molar-refractivity contribution in [1.29, 1.82) is 0 Å². The molecule has 1 aromatic rings. The second kappa shape index (κ2) is 6.77. The topological polar surface area (TPSA) is 102 Å². The van der Waals surface area contributed by atoms with E-state index in [1.54, 1.807) is 0 Å². The fourth-order valence-electron chi connectivity index (χ4n) is 2.43. The molecule has 2 rings (SSSR count). The number of nitro benzene ring substituents is 2. The van der Waals surface area contributed by atoms with Gasteiger partial charge in [0.2, 0.25) is 5.69 Å². The maximum absolute atomic E-state index is 13.0. The van der Waals surface area contributed by atoms with Gasteiger partial charge in [0.25, 0.3) is 0 Å². The molecule has 8 nitrogen and oxygen atoms in total. The predicted octanol–water partition coefficient (Wildman–Crippen LogP) is 3.99. The molecule has 24 heavy (non-hydrogen) atoms. The van der Waals surface area contributed by atoms with E-state index in [4.69, 9.17) is 11.6 Å². The van der Waals surface area contributed by atoms with Gasteiger partial charge in [-0.25, -0.2) is 5.01 Å². The average molecular weight is 369 g/mol. The van der Waals surface area contributed by atoms with Crippen molar-refractivity contribution in [2.24, 2.45) is 0 Å². The van der Waals surface area contributed by atoms with E-state index in [9.17, 15) is 33.4 Å². The highest BCUT2D eigenvalue weighted by Gasteiger charge is 2.42. The molecule has 0 saturated carbocycles. The van der Waals surface area contributed by atoms with Gasteiger partial charge in [-0.3, -0.25) is 20.2 Å². The molecule has 132 valence electrons. The number of hydrogen-bond acceptors (Lipinski definition) is 6. The Morgan fingerprint density at radius 3 is 2.17 bits per heavy atom. The third-order valence-electron chi connectivity index (χ3n) is 3.53. The summed E-state index contributed by atoms with van der Waals surface area (Å²) in [7, 11) is 0. The summed E-state index contributed by atoms with van der Waals surface area (Å²) in [5.74, 6) is 0. The highest BCUT2D eigenvalue weighted by atomic mass is 35.5. The van der Waals surface area contributed by atoms with Gasteiger partial charge in [0, 0.05) is 19.2 Å². The third-order valence-corrected chi connectivity index (χ3v) is 3.91. The summed E-state index contributed by atoms with van der Waals surface area (Å²) in [6.45, 7) is 0.903. The van der Waals surface area contributed by atoms with Gasteiger partial charge < -0.3 is 5.43 Å². The van der Waals surface area contributed by atoms with Gasteiger partial charge in [0.15, 0.2) is 0 Å². The maximum atomic E-state index is 13.0. The Morgan fingerprint density at radius 1 is 1.12 bits per heavy atom. The lowest BCUT2D eigenvalue weighted by molar-refractivity contribution is -0.392. The minimum Gasteiger partial charge on any atom is -0.307 e. The molecule has 0 bridgehead atoms. The standard InChI is InChI=1S/C12H12ClF3N4O4/c13-9-7(12(14,15)16)6-8(19(21)22)10(11(9)20(23)24)17-18-4-2-1-3-5-18/h6,17H,1-5H2. The first kappa shape index (κ1) is 18.2. The Kier molecular flexibility index (Phi) is 5.13. The van der Waals surface area contributed by atoms with Crippen LogP contribution in [0.1, 0.15) is 24.8 Å². The summed E-state index contributed by atoms with van der Waals surface area (Å²) in [5.41, 5.74) is -1.98. The van der Waals surface area contributed by atoms with E-state index in [0.29, 0.717) is 13.1 Å². The molecule has 1 heterocycles. The van der Waals surface area contributed by atoms with E-state index in [-0.39, 0.29) is 6.07 Å². The molecular weight excluding hydrogens is 357 g/mol. The Morgan fingerprint density at radius 2 is 1.71 bits per heavy atom. The number of hydrazine groups is 1. The molecule has 12 heteroatoms. The van der Waals surface area contributed by atoms with Crippen LogP contribution < -0.4 is 5.43 Å². The summed E-state index contributed by atoms with van der Waals surface area (Å²) >= 11 is 5.55. The van der Waals surface area contributed by atoms with Crippen LogP contribution in [0.15, 0.2) is 6.07 Å².